The fraction of sp³-hybridized carbons (Fsp3) is 0.714. The number of allylic oxidation sites excluding steroid dienone is 3. The van der Waals surface area contributed by atoms with Crippen LogP contribution in [0.3, 0.4) is 0 Å². The fourth-order valence-electron chi connectivity index (χ4n) is 2.89. The van der Waals surface area contributed by atoms with Gasteiger partial charge in [0, 0.05) is 6.42 Å². The SMILES string of the molecule is CC(C)(O)C#CCC(C)(C)CCCC=CC=C1C[C@@H](O)C[C@H](O)C1. The van der Waals surface area contributed by atoms with E-state index in [1.54, 1.807) is 13.8 Å². The van der Waals surface area contributed by atoms with E-state index in [1.807, 2.05) is 12.2 Å². The predicted molar refractivity (Wildman–Crippen MR) is 99.4 cm³/mol. The van der Waals surface area contributed by atoms with E-state index in [0.717, 1.165) is 31.3 Å². The molecule has 0 radical (unpaired) electrons. The lowest BCUT2D eigenvalue weighted by molar-refractivity contribution is 0.0609. The summed E-state index contributed by atoms with van der Waals surface area (Å²) in [5.41, 5.74) is 0.370. The first-order valence-electron chi connectivity index (χ1n) is 9.00. The van der Waals surface area contributed by atoms with Crippen molar-refractivity contribution in [3.8, 4) is 11.8 Å². The second kappa shape index (κ2) is 9.42. The Morgan fingerprint density at radius 1 is 1.12 bits per heavy atom. The molecule has 1 saturated carbocycles. The summed E-state index contributed by atoms with van der Waals surface area (Å²) in [4.78, 5) is 0. The Kier molecular flexibility index (Phi) is 8.22. The summed E-state index contributed by atoms with van der Waals surface area (Å²) >= 11 is 0. The van der Waals surface area contributed by atoms with Gasteiger partial charge in [-0.25, -0.2) is 0 Å². The summed E-state index contributed by atoms with van der Waals surface area (Å²) in [6.45, 7) is 7.83. The summed E-state index contributed by atoms with van der Waals surface area (Å²) in [5, 5.41) is 28.9. The maximum Gasteiger partial charge on any atom is 0.119 e. The topological polar surface area (TPSA) is 60.7 Å². The number of aliphatic hydroxyl groups excluding tert-OH is 2. The van der Waals surface area contributed by atoms with Crippen LogP contribution in [0, 0.1) is 17.3 Å². The van der Waals surface area contributed by atoms with Gasteiger partial charge in [0.2, 0.25) is 0 Å². The minimum Gasteiger partial charge on any atom is -0.393 e. The number of aliphatic hydroxyl groups is 3. The monoisotopic (exact) mass is 334 g/mol. The van der Waals surface area contributed by atoms with Crippen LogP contribution in [0.2, 0.25) is 0 Å². The molecule has 0 aromatic rings. The van der Waals surface area contributed by atoms with Gasteiger partial charge < -0.3 is 15.3 Å². The molecule has 0 aromatic heterocycles. The Hall–Kier alpha value is -1.08. The summed E-state index contributed by atoms with van der Waals surface area (Å²) in [7, 11) is 0. The zero-order valence-electron chi connectivity index (χ0n) is 15.7. The van der Waals surface area contributed by atoms with E-state index in [2.05, 4.69) is 31.8 Å². The Bertz CT molecular complexity index is 485. The minimum absolute atomic E-state index is 0.155. The van der Waals surface area contributed by atoms with Gasteiger partial charge in [-0.3, -0.25) is 0 Å². The summed E-state index contributed by atoms with van der Waals surface area (Å²) in [6.07, 6.45) is 11.3. The lowest BCUT2D eigenvalue weighted by atomic mass is 9.84. The summed E-state index contributed by atoms with van der Waals surface area (Å²) in [5.74, 6) is 5.97. The second-order valence-corrected chi connectivity index (χ2v) is 8.30. The molecule has 0 spiro atoms. The van der Waals surface area contributed by atoms with Crippen LogP contribution in [-0.4, -0.2) is 33.1 Å². The van der Waals surface area contributed by atoms with Crippen molar-refractivity contribution < 1.29 is 15.3 Å². The van der Waals surface area contributed by atoms with E-state index in [4.69, 9.17) is 0 Å². The highest BCUT2D eigenvalue weighted by Gasteiger charge is 2.21. The van der Waals surface area contributed by atoms with Crippen LogP contribution in [0.1, 0.15) is 72.6 Å². The van der Waals surface area contributed by atoms with E-state index in [1.165, 1.54) is 0 Å². The molecule has 1 rings (SSSR count). The third kappa shape index (κ3) is 9.93. The highest BCUT2D eigenvalue weighted by Crippen LogP contribution is 2.27. The number of rotatable bonds is 6. The van der Waals surface area contributed by atoms with Crippen LogP contribution in [-0.2, 0) is 0 Å². The van der Waals surface area contributed by atoms with E-state index in [9.17, 15) is 15.3 Å². The van der Waals surface area contributed by atoms with E-state index in [-0.39, 0.29) is 5.41 Å². The molecule has 0 aromatic carbocycles. The first kappa shape index (κ1) is 21.0. The maximum absolute atomic E-state index is 9.65. The van der Waals surface area contributed by atoms with Crippen molar-refractivity contribution in [1.82, 2.24) is 0 Å². The highest BCUT2D eigenvalue weighted by molar-refractivity contribution is 5.16. The van der Waals surface area contributed by atoms with Crippen LogP contribution in [0.5, 0.6) is 0 Å². The fourth-order valence-corrected chi connectivity index (χ4v) is 2.89. The van der Waals surface area contributed by atoms with E-state index in [0.29, 0.717) is 19.3 Å². The first-order chi connectivity index (χ1) is 11.1. The molecular weight excluding hydrogens is 300 g/mol. The predicted octanol–water partition coefficient (Wildman–Crippen LogP) is 3.74. The molecule has 3 N–H and O–H groups in total. The molecule has 1 fully saturated rings. The molecule has 0 amide bonds. The maximum atomic E-state index is 9.65. The van der Waals surface area contributed by atoms with Gasteiger partial charge in [0.25, 0.3) is 0 Å². The molecule has 0 saturated heterocycles. The van der Waals surface area contributed by atoms with Crippen molar-refractivity contribution >= 4 is 0 Å². The Morgan fingerprint density at radius 3 is 2.33 bits per heavy atom. The molecule has 0 aliphatic heterocycles. The zero-order valence-corrected chi connectivity index (χ0v) is 15.7. The van der Waals surface area contributed by atoms with Crippen LogP contribution in [0.25, 0.3) is 0 Å². The van der Waals surface area contributed by atoms with Gasteiger partial charge in [0.1, 0.15) is 5.60 Å². The number of unbranched alkanes of at least 4 members (excludes halogenated alkanes) is 1. The van der Waals surface area contributed by atoms with E-state index < -0.39 is 17.8 Å². The van der Waals surface area contributed by atoms with Crippen molar-refractivity contribution in [2.75, 3.05) is 0 Å². The minimum atomic E-state index is -0.910. The Morgan fingerprint density at radius 2 is 1.75 bits per heavy atom. The van der Waals surface area contributed by atoms with Crippen molar-refractivity contribution in [1.29, 1.82) is 0 Å². The first-order valence-corrected chi connectivity index (χ1v) is 9.00. The molecular formula is C21H34O3. The molecule has 3 heteroatoms. The van der Waals surface area contributed by atoms with Crippen molar-refractivity contribution in [3.63, 3.8) is 0 Å². The van der Waals surface area contributed by atoms with Gasteiger partial charge in [-0.2, -0.15) is 0 Å². The normalized spacial score (nSPS) is 22.4. The van der Waals surface area contributed by atoms with Crippen LogP contribution in [0.4, 0.5) is 0 Å². The second-order valence-electron chi connectivity index (χ2n) is 8.30. The highest BCUT2D eigenvalue weighted by atomic mass is 16.3. The molecule has 1 aliphatic rings. The van der Waals surface area contributed by atoms with Crippen molar-refractivity contribution in [2.45, 2.75) is 90.4 Å². The average molecular weight is 335 g/mol. The number of hydrogen-bond acceptors (Lipinski definition) is 3. The lowest BCUT2D eigenvalue weighted by Crippen LogP contribution is -2.24. The molecule has 136 valence electrons. The molecule has 3 nitrogen and oxygen atoms in total. The molecule has 0 heterocycles. The summed E-state index contributed by atoms with van der Waals surface area (Å²) < 4.78 is 0. The van der Waals surface area contributed by atoms with Crippen LogP contribution in [0.15, 0.2) is 23.8 Å². The molecule has 2 atom stereocenters. The van der Waals surface area contributed by atoms with Crippen molar-refractivity contribution in [3.05, 3.63) is 23.8 Å². The smallest absolute Gasteiger partial charge is 0.119 e. The standard InChI is InChI=1S/C21H34O3/c1-20(2,12-9-13-21(3,4)24)11-8-6-5-7-10-17-14-18(22)16-19(23)15-17/h5,7,10,18-19,22-24H,6,8,11-12,14-16H2,1-4H3/t18-,19-/m1/s1. The molecule has 0 unspecified atom stereocenters. The van der Waals surface area contributed by atoms with Crippen molar-refractivity contribution in [2.24, 2.45) is 5.41 Å². The van der Waals surface area contributed by atoms with Gasteiger partial charge >= 0.3 is 0 Å². The largest absolute Gasteiger partial charge is 0.393 e. The molecule has 0 bridgehead atoms. The van der Waals surface area contributed by atoms with Gasteiger partial charge in [0.05, 0.1) is 12.2 Å². The lowest BCUT2D eigenvalue weighted by Gasteiger charge is -2.24. The third-order valence-corrected chi connectivity index (χ3v) is 4.19. The molecule has 1 aliphatic carbocycles. The Balaban J connectivity index is 2.30. The van der Waals surface area contributed by atoms with Crippen LogP contribution >= 0.6 is 0 Å². The average Bonchev–Trinajstić information content (AvgIpc) is 2.39. The van der Waals surface area contributed by atoms with Gasteiger partial charge in [-0.15, -0.1) is 0 Å². The molecule has 24 heavy (non-hydrogen) atoms. The van der Waals surface area contributed by atoms with Gasteiger partial charge in [0.15, 0.2) is 0 Å². The van der Waals surface area contributed by atoms with E-state index >= 15 is 0 Å². The zero-order chi connectivity index (χ0) is 18.2. The quantitative estimate of drug-likeness (QED) is 0.512. The Labute approximate surface area is 147 Å². The summed E-state index contributed by atoms with van der Waals surface area (Å²) in [6, 6.07) is 0. The van der Waals surface area contributed by atoms with Crippen LogP contribution < -0.4 is 0 Å². The number of hydrogen-bond donors (Lipinski definition) is 3. The third-order valence-electron chi connectivity index (χ3n) is 4.19. The van der Waals surface area contributed by atoms with Gasteiger partial charge in [-0.05, 0) is 57.8 Å². The van der Waals surface area contributed by atoms with Gasteiger partial charge in [-0.1, -0.05) is 49.5 Å².